The number of carbonyl (C=O) groups is 1. The number of hydrogen-bond donors (Lipinski definition) is 2. The number of halogens is 2. The molecule has 3 heterocycles. The van der Waals surface area contributed by atoms with E-state index in [2.05, 4.69) is 15.1 Å². The highest BCUT2D eigenvalue weighted by Gasteiger charge is 2.34. The minimum Gasteiger partial charge on any atom is -0.389 e. The number of carbonyl (C=O) groups excluding carboxylic acids is 1. The number of hydrogen-bond acceptors (Lipinski definition) is 5. The molecule has 0 saturated carbocycles. The van der Waals surface area contributed by atoms with E-state index in [0.29, 0.717) is 48.9 Å². The molecule has 5 rings (SSSR count). The van der Waals surface area contributed by atoms with E-state index in [9.17, 15) is 19.1 Å². The molecule has 2 aromatic heterocycles. The van der Waals surface area contributed by atoms with Crippen LogP contribution < -0.4 is 5.56 Å². The molecule has 8 nitrogen and oxygen atoms in total. The first kappa shape index (κ1) is 22.2. The standard InChI is InChI=1S/C24H21ClFN5O3/c25-19-11-16(4-5-20(19)26)23(33)30-8-6-24(34,7-9-30)12-15-2-1-3-17(10-15)31-21-18(13-29-31)22(32)28-14-27-21/h1-5,10-11,13-14,34H,6-9,12H2,(H,27,28,32). The van der Waals surface area contributed by atoms with Crippen molar-refractivity contribution in [3.05, 3.63) is 87.3 Å². The molecule has 1 aliphatic heterocycles. The van der Waals surface area contributed by atoms with Crippen LogP contribution in [0, 0.1) is 5.82 Å². The maximum atomic E-state index is 13.4. The van der Waals surface area contributed by atoms with Crippen LogP contribution in [0.5, 0.6) is 0 Å². The lowest BCUT2D eigenvalue weighted by Crippen LogP contribution is -2.47. The Balaban J connectivity index is 1.30. The number of aromatic amines is 1. The van der Waals surface area contributed by atoms with Gasteiger partial charge in [0, 0.05) is 25.1 Å². The molecule has 1 saturated heterocycles. The highest BCUT2D eigenvalue weighted by molar-refractivity contribution is 6.31. The molecule has 0 bridgehead atoms. The van der Waals surface area contributed by atoms with Crippen molar-refractivity contribution in [1.29, 1.82) is 0 Å². The number of amides is 1. The maximum absolute atomic E-state index is 13.4. The number of aromatic nitrogens is 4. The molecule has 1 fully saturated rings. The fraction of sp³-hybridized carbons (Fsp3) is 0.250. The first-order chi connectivity index (χ1) is 16.3. The first-order valence-electron chi connectivity index (χ1n) is 10.8. The topological polar surface area (TPSA) is 104 Å². The van der Waals surface area contributed by atoms with Crippen LogP contribution in [0.3, 0.4) is 0 Å². The smallest absolute Gasteiger partial charge is 0.261 e. The summed E-state index contributed by atoms with van der Waals surface area (Å²) in [5, 5.41) is 15.8. The molecule has 1 aliphatic rings. The van der Waals surface area contributed by atoms with Crippen molar-refractivity contribution in [2.24, 2.45) is 0 Å². The predicted molar refractivity (Wildman–Crippen MR) is 125 cm³/mol. The molecule has 1 amide bonds. The number of nitrogens with zero attached hydrogens (tertiary/aromatic N) is 4. The van der Waals surface area contributed by atoms with E-state index in [1.165, 1.54) is 30.7 Å². The van der Waals surface area contributed by atoms with Gasteiger partial charge in [0.05, 0.1) is 28.8 Å². The van der Waals surface area contributed by atoms with Crippen LogP contribution in [0.2, 0.25) is 5.02 Å². The summed E-state index contributed by atoms with van der Waals surface area (Å²) in [5.74, 6) is -0.807. The lowest BCUT2D eigenvalue weighted by atomic mass is 9.85. The summed E-state index contributed by atoms with van der Waals surface area (Å²) in [5.41, 5.74) is 1.17. The number of benzene rings is 2. The van der Waals surface area contributed by atoms with E-state index in [1.807, 2.05) is 24.3 Å². The third-order valence-corrected chi connectivity index (χ3v) is 6.50. The predicted octanol–water partition coefficient (Wildman–Crippen LogP) is 3.11. The van der Waals surface area contributed by atoms with Crippen molar-refractivity contribution in [3.8, 4) is 5.69 Å². The highest BCUT2D eigenvalue weighted by Crippen LogP contribution is 2.28. The first-order valence-corrected chi connectivity index (χ1v) is 11.2. The number of rotatable bonds is 4. The van der Waals surface area contributed by atoms with Crippen molar-refractivity contribution in [2.75, 3.05) is 13.1 Å². The SMILES string of the molecule is O=C(c1ccc(F)c(Cl)c1)N1CCC(O)(Cc2cccc(-n3ncc4c(=O)[nH]cnc43)c2)CC1. The zero-order valence-corrected chi connectivity index (χ0v) is 18.8. The Hall–Kier alpha value is -3.56. The number of piperidine rings is 1. The summed E-state index contributed by atoms with van der Waals surface area (Å²) in [6, 6.07) is 11.5. The van der Waals surface area contributed by atoms with Crippen molar-refractivity contribution >= 4 is 28.5 Å². The molecule has 0 spiro atoms. The Labute approximate surface area is 198 Å². The summed E-state index contributed by atoms with van der Waals surface area (Å²) in [4.78, 5) is 33.1. The molecular formula is C24H21ClFN5O3. The van der Waals surface area contributed by atoms with Gasteiger partial charge >= 0.3 is 0 Å². The Morgan fingerprint density at radius 3 is 2.76 bits per heavy atom. The van der Waals surface area contributed by atoms with Gasteiger partial charge in [0.25, 0.3) is 11.5 Å². The number of H-pyrrole nitrogens is 1. The van der Waals surface area contributed by atoms with E-state index in [-0.39, 0.29) is 16.5 Å². The zero-order valence-electron chi connectivity index (χ0n) is 18.0. The summed E-state index contributed by atoms with van der Waals surface area (Å²) in [7, 11) is 0. The number of nitrogens with one attached hydrogen (secondary N) is 1. The normalized spacial score (nSPS) is 15.6. The third-order valence-electron chi connectivity index (χ3n) is 6.21. The van der Waals surface area contributed by atoms with Crippen LogP contribution >= 0.6 is 11.6 Å². The second-order valence-corrected chi connectivity index (χ2v) is 8.92. The average Bonchev–Trinajstić information content (AvgIpc) is 3.26. The highest BCUT2D eigenvalue weighted by atomic mass is 35.5. The Kier molecular flexibility index (Phi) is 5.66. The summed E-state index contributed by atoms with van der Waals surface area (Å²) >= 11 is 5.81. The van der Waals surface area contributed by atoms with Crippen molar-refractivity contribution < 1.29 is 14.3 Å². The van der Waals surface area contributed by atoms with Crippen molar-refractivity contribution in [3.63, 3.8) is 0 Å². The van der Waals surface area contributed by atoms with Gasteiger partial charge in [-0.2, -0.15) is 5.10 Å². The lowest BCUT2D eigenvalue weighted by Gasteiger charge is -2.38. The van der Waals surface area contributed by atoms with E-state index in [0.717, 1.165) is 11.3 Å². The second-order valence-electron chi connectivity index (χ2n) is 8.52. The molecular weight excluding hydrogens is 461 g/mol. The van der Waals surface area contributed by atoms with Gasteiger partial charge in [0.1, 0.15) is 11.2 Å². The van der Waals surface area contributed by atoms with E-state index in [4.69, 9.17) is 11.6 Å². The zero-order chi connectivity index (χ0) is 23.9. The van der Waals surface area contributed by atoms with Crippen LogP contribution in [0.25, 0.3) is 16.7 Å². The molecule has 2 aromatic carbocycles. The quantitative estimate of drug-likeness (QED) is 0.466. The van der Waals surface area contributed by atoms with Crippen molar-refractivity contribution in [1.82, 2.24) is 24.6 Å². The number of likely N-dealkylation sites (tertiary alicyclic amines) is 1. The van der Waals surface area contributed by atoms with Crippen molar-refractivity contribution in [2.45, 2.75) is 24.9 Å². The minimum atomic E-state index is -0.975. The van der Waals surface area contributed by atoms with Gasteiger partial charge in [-0.1, -0.05) is 23.7 Å². The Morgan fingerprint density at radius 2 is 2.00 bits per heavy atom. The Bertz CT molecular complexity index is 1440. The van der Waals surface area contributed by atoms with Crippen LogP contribution in [0.1, 0.15) is 28.8 Å². The molecule has 0 radical (unpaired) electrons. The van der Waals surface area contributed by atoms with Crippen LogP contribution in [-0.2, 0) is 6.42 Å². The van der Waals surface area contributed by atoms with Crippen LogP contribution in [0.15, 0.2) is 59.8 Å². The summed E-state index contributed by atoms with van der Waals surface area (Å²) in [6.45, 7) is 0.751. The number of aliphatic hydroxyl groups is 1. The maximum Gasteiger partial charge on any atom is 0.261 e. The van der Waals surface area contributed by atoms with Crippen LogP contribution in [0.4, 0.5) is 4.39 Å². The molecule has 0 atom stereocenters. The second kappa shape index (κ2) is 8.66. The molecule has 0 aliphatic carbocycles. The largest absolute Gasteiger partial charge is 0.389 e. The van der Waals surface area contributed by atoms with Gasteiger partial charge in [-0.15, -0.1) is 0 Å². The van der Waals surface area contributed by atoms with Gasteiger partial charge < -0.3 is 15.0 Å². The fourth-order valence-corrected chi connectivity index (χ4v) is 4.52. The molecule has 34 heavy (non-hydrogen) atoms. The van der Waals surface area contributed by atoms with Gasteiger partial charge in [-0.3, -0.25) is 9.59 Å². The lowest BCUT2D eigenvalue weighted by molar-refractivity contribution is -0.0162. The number of fused-ring (bicyclic) bond motifs is 1. The van der Waals surface area contributed by atoms with E-state index >= 15 is 0 Å². The molecule has 10 heteroatoms. The molecule has 0 unspecified atom stereocenters. The van der Waals surface area contributed by atoms with Gasteiger partial charge in [-0.25, -0.2) is 14.1 Å². The Morgan fingerprint density at radius 1 is 1.21 bits per heavy atom. The molecule has 4 aromatic rings. The van der Waals surface area contributed by atoms with E-state index in [1.54, 1.807) is 9.58 Å². The third kappa shape index (κ3) is 4.20. The van der Waals surface area contributed by atoms with Gasteiger partial charge in [0.15, 0.2) is 5.65 Å². The molecule has 2 N–H and O–H groups in total. The van der Waals surface area contributed by atoms with E-state index < -0.39 is 11.4 Å². The minimum absolute atomic E-state index is 0.0935. The van der Waals surface area contributed by atoms with Crippen LogP contribution in [-0.4, -0.2) is 54.4 Å². The summed E-state index contributed by atoms with van der Waals surface area (Å²) in [6.07, 6.45) is 4.02. The van der Waals surface area contributed by atoms with Gasteiger partial charge in [-0.05, 0) is 48.7 Å². The average molecular weight is 482 g/mol. The monoisotopic (exact) mass is 481 g/mol. The van der Waals surface area contributed by atoms with Gasteiger partial charge in [0.2, 0.25) is 0 Å². The molecule has 174 valence electrons. The fourth-order valence-electron chi connectivity index (χ4n) is 4.34. The summed E-state index contributed by atoms with van der Waals surface area (Å²) < 4.78 is 15.0.